The standard InChI is InChI=1S/C21H17N3O2/c1-26-20-10-6-5-9-19(20)21(25)18(12-22)11-17-13-23-24(15-17)14-16-7-3-2-4-8-16/h2-11,13,15H,14H2,1H3/b18-11+. The number of hydrogen-bond acceptors (Lipinski definition) is 4. The van der Waals surface area contributed by atoms with Crippen LogP contribution in [0.2, 0.25) is 0 Å². The summed E-state index contributed by atoms with van der Waals surface area (Å²) in [6.07, 6.45) is 4.99. The first-order chi connectivity index (χ1) is 12.7. The summed E-state index contributed by atoms with van der Waals surface area (Å²) in [5, 5.41) is 13.7. The molecule has 0 amide bonds. The van der Waals surface area contributed by atoms with Crippen molar-refractivity contribution in [3.63, 3.8) is 0 Å². The Bertz CT molecular complexity index is 982. The molecule has 0 N–H and O–H groups in total. The van der Waals surface area contributed by atoms with E-state index in [9.17, 15) is 10.1 Å². The van der Waals surface area contributed by atoms with Gasteiger partial charge in [-0.05, 0) is 23.8 Å². The van der Waals surface area contributed by atoms with Crippen LogP contribution in [0.4, 0.5) is 0 Å². The van der Waals surface area contributed by atoms with Crippen LogP contribution in [0.3, 0.4) is 0 Å². The van der Waals surface area contributed by atoms with E-state index >= 15 is 0 Å². The molecule has 0 saturated carbocycles. The number of allylic oxidation sites excluding steroid dienone is 1. The largest absolute Gasteiger partial charge is 0.496 e. The van der Waals surface area contributed by atoms with Crippen LogP contribution in [0.15, 0.2) is 72.6 Å². The smallest absolute Gasteiger partial charge is 0.207 e. The molecule has 0 fully saturated rings. The number of ether oxygens (including phenoxy) is 1. The van der Waals surface area contributed by atoms with Crippen LogP contribution < -0.4 is 4.74 Å². The molecular weight excluding hydrogens is 326 g/mol. The lowest BCUT2D eigenvalue weighted by molar-refractivity contribution is 0.103. The Morgan fingerprint density at radius 3 is 2.65 bits per heavy atom. The molecule has 26 heavy (non-hydrogen) atoms. The van der Waals surface area contributed by atoms with Crippen molar-refractivity contribution in [2.75, 3.05) is 7.11 Å². The van der Waals surface area contributed by atoms with E-state index in [1.807, 2.05) is 36.4 Å². The van der Waals surface area contributed by atoms with E-state index in [0.29, 0.717) is 23.4 Å². The fourth-order valence-electron chi connectivity index (χ4n) is 2.60. The van der Waals surface area contributed by atoms with Crippen LogP contribution in [-0.2, 0) is 6.54 Å². The molecule has 0 unspecified atom stereocenters. The van der Waals surface area contributed by atoms with Crippen LogP contribution in [0.5, 0.6) is 5.75 Å². The fraction of sp³-hybridized carbons (Fsp3) is 0.0952. The van der Waals surface area contributed by atoms with Gasteiger partial charge in [-0.15, -0.1) is 0 Å². The van der Waals surface area contributed by atoms with Crippen LogP contribution in [0.25, 0.3) is 6.08 Å². The van der Waals surface area contributed by atoms with Gasteiger partial charge in [0.2, 0.25) is 5.78 Å². The number of carbonyl (C=O) groups excluding carboxylic acids is 1. The predicted octanol–water partition coefficient (Wildman–Crippen LogP) is 3.73. The minimum absolute atomic E-state index is 0.0359. The number of nitriles is 1. The summed E-state index contributed by atoms with van der Waals surface area (Å²) >= 11 is 0. The molecule has 5 nitrogen and oxygen atoms in total. The average molecular weight is 343 g/mol. The van der Waals surface area contributed by atoms with Gasteiger partial charge in [0.25, 0.3) is 0 Å². The van der Waals surface area contributed by atoms with Gasteiger partial charge in [-0.2, -0.15) is 10.4 Å². The molecule has 3 rings (SSSR count). The molecule has 0 aliphatic heterocycles. The second-order valence-electron chi connectivity index (χ2n) is 5.66. The molecule has 0 radical (unpaired) electrons. The van der Waals surface area contributed by atoms with Gasteiger partial charge in [-0.25, -0.2) is 0 Å². The summed E-state index contributed by atoms with van der Waals surface area (Å²) in [4.78, 5) is 12.7. The Kier molecular flexibility index (Phi) is 5.25. The molecule has 1 heterocycles. The highest BCUT2D eigenvalue weighted by Crippen LogP contribution is 2.21. The maximum Gasteiger partial charge on any atom is 0.207 e. The van der Waals surface area contributed by atoms with Gasteiger partial charge in [0.15, 0.2) is 0 Å². The zero-order chi connectivity index (χ0) is 18.4. The highest BCUT2D eigenvalue weighted by Gasteiger charge is 2.16. The first-order valence-electron chi connectivity index (χ1n) is 8.07. The van der Waals surface area contributed by atoms with Crippen molar-refractivity contribution in [1.82, 2.24) is 9.78 Å². The number of benzene rings is 2. The van der Waals surface area contributed by atoms with Crippen molar-refractivity contribution in [3.8, 4) is 11.8 Å². The van der Waals surface area contributed by atoms with E-state index in [4.69, 9.17) is 4.74 Å². The topological polar surface area (TPSA) is 67.9 Å². The number of ketones is 1. The van der Waals surface area contributed by atoms with Gasteiger partial charge in [0.05, 0.1) is 25.4 Å². The molecule has 5 heteroatoms. The predicted molar refractivity (Wildman–Crippen MR) is 98.7 cm³/mol. The van der Waals surface area contributed by atoms with Crippen molar-refractivity contribution >= 4 is 11.9 Å². The summed E-state index contributed by atoms with van der Waals surface area (Å²) in [5.41, 5.74) is 2.21. The van der Waals surface area contributed by atoms with Gasteiger partial charge in [-0.3, -0.25) is 9.48 Å². The summed E-state index contributed by atoms with van der Waals surface area (Å²) in [6.45, 7) is 0.622. The van der Waals surface area contributed by atoms with E-state index in [1.165, 1.54) is 7.11 Å². The lowest BCUT2D eigenvalue weighted by Gasteiger charge is -2.06. The normalized spacial score (nSPS) is 11.0. The lowest BCUT2D eigenvalue weighted by atomic mass is 10.0. The van der Waals surface area contributed by atoms with Crippen molar-refractivity contribution in [1.29, 1.82) is 5.26 Å². The second kappa shape index (κ2) is 7.95. The zero-order valence-corrected chi connectivity index (χ0v) is 14.3. The summed E-state index contributed by atoms with van der Waals surface area (Å²) < 4.78 is 6.98. The van der Waals surface area contributed by atoms with Gasteiger partial charge < -0.3 is 4.74 Å². The minimum atomic E-state index is -0.374. The van der Waals surface area contributed by atoms with E-state index in [-0.39, 0.29) is 11.4 Å². The fourth-order valence-corrected chi connectivity index (χ4v) is 2.60. The zero-order valence-electron chi connectivity index (χ0n) is 14.3. The van der Waals surface area contributed by atoms with Gasteiger partial charge in [0, 0.05) is 11.8 Å². The Labute approximate surface area is 151 Å². The van der Waals surface area contributed by atoms with Crippen molar-refractivity contribution in [2.24, 2.45) is 0 Å². The van der Waals surface area contributed by atoms with Crippen molar-refractivity contribution in [3.05, 3.63) is 89.3 Å². The number of rotatable bonds is 6. The summed E-state index contributed by atoms with van der Waals surface area (Å²) in [6, 6.07) is 18.8. The Morgan fingerprint density at radius 1 is 1.19 bits per heavy atom. The number of para-hydroxylation sites is 1. The average Bonchev–Trinajstić information content (AvgIpc) is 3.13. The van der Waals surface area contributed by atoms with Gasteiger partial charge in [-0.1, -0.05) is 42.5 Å². The molecular formula is C21H17N3O2. The molecule has 128 valence electrons. The van der Waals surface area contributed by atoms with E-state index in [1.54, 1.807) is 47.4 Å². The maximum absolute atomic E-state index is 12.7. The number of carbonyl (C=O) groups is 1. The SMILES string of the molecule is COc1ccccc1C(=O)/C(C#N)=C/c1cnn(Cc2ccccc2)c1. The number of methoxy groups -OCH3 is 1. The van der Waals surface area contributed by atoms with E-state index < -0.39 is 0 Å². The molecule has 0 atom stereocenters. The van der Waals surface area contributed by atoms with Crippen LogP contribution in [0.1, 0.15) is 21.5 Å². The maximum atomic E-state index is 12.7. The van der Waals surface area contributed by atoms with Crippen molar-refractivity contribution < 1.29 is 9.53 Å². The third kappa shape index (κ3) is 3.87. The second-order valence-corrected chi connectivity index (χ2v) is 5.66. The van der Waals surface area contributed by atoms with E-state index in [2.05, 4.69) is 5.10 Å². The van der Waals surface area contributed by atoms with Crippen LogP contribution >= 0.6 is 0 Å². The van der Waals surface area contributed by atoms with Crippen LogP contribution in [-0.4, -0.2) is 22.7 Å². The Balaban J connectivity index is 1.83. The molecule has 0 saturated heterocycles. The third-order valence-electron chi connectivity index (χ3n) is 3.87. The number of aromatic nitrogens is 2. The molecule has 1 aromatic heterocycles. The monoisotopic (exact) mass is 343 g/mol. The van der Waals surface area contributed by atoms with Gasteiger partial charge >= 0.3 is 0 Å². The molecule has 0 bridgehead atoms. The number of Topliss-reactive ketones (excluding diaryl/α,β-unsaturated/α-hetero) is 1. The molecule has 2 aromatic carbocycles. The lowest BCUT2D eigenvalue weighted by Crippen LogP contribution is -2.04. The number of hydrogen-bond donors (Lipinski definition) is 0. The van der Waals surface area contributed by atoms with Crippen molar-refractivity contribution in [2.45, 2.75) is 6.54 Å². The quantitative estimate of drug-likeness (QED) is 0.388. The first-order valence-corrected chi connectivity index (χ1v) is 8.07. The molecule has 0 aliphatic carbocycles. The summed E-state index contributed by atoms with van der Waals surface area (Å²) in [5.74, 6) is 0.0687. The Morgan fingerprint density at radius 2 is 1.92 bits per heavy atom. The molecule has 0 spiro atoms. The highest BCUT2D eigenvalue weighted by atomic mass is 16.5. The highest BCUT2D eigenvalue weighted by molar-refractivity contribution is 6.15. The number of nitrogens with zero attached hydrogens (tertiary/aromatic N) is 3. The molecule has 0 aliphatic rings. The first kappa shape index (κ1) is 17.2. The summed E-state index contributed by atoms with van der Waals surface area (Å²) in [7, 11) is 1.50. The van der Waals surface area contributed by atoms with Crippen LogP contribution in [0, 0.1) is 11.3 Å². The Hall–Kier alpha value is -3.65. The van der Waals surface area contributed by atoms with E-state index in [0.717, 1.165) is 5.56 Å². The third-order valence-corrected chi connectivity index (χ3v) is 3.87. The van der Waals surface area contributed by atoms with Gasteiger partial charge in [0.1, 0.15) is 17.4 Å². The molecule has 3 aromatic rings. The minimum Gasteiger partial charge on any atom is -0.496 e.